The van der Waals surface area contributed by atoms with Crippen LogP contribution in [0.5, 0.6) is 0 Å². The Morgan fingerprint density at radius 3 is 2.00 bits per heavy atom. The largest absolute Gasteiger partial charge is 0.459 e. The van der Waals surface area contributed by atoms with Crippen LogP contribution in [0.25, 0.3) is 10.9 Å². The van der Waals surface area contributed by atoms with Gasteiger partial charge in [0.1, 0.15) is 30.3 Å². The van der Waals surface area contributed by atoms with E-state index >= 15 is 0 Å². The molecule has 1 aromatic heterocycles. The third-order valence-electron chi connectivity index (χ3n) is 7.54. The van der Waals surface area contributed by atoms with Crippen LogP contribution in [-0.2, 0) is 48.1 Å². The van der Waals surface area contributed by atoms with Crippen molar-refractivity contribution in [2.24, 2.45) is 0 Å². The molecule has 0 radical (unpaired) electrons. The maximum Gasteiger partial charge on any atom is 0.408 e. The average molecular weight is 671 g/mol. The zero-order chi connectivity index (χ0) is 35.6. The predicted molar refractivity (Wildman–Crippen MR) is 183 cm³/mol. The molecule has 4 atom stereocenters. The number of alkyl carbamates (subject to hydrolysis) is 1. The molecule has 49 heavy (non-hydrogen) atoms. The zero-order valence-corrected chi connectivity index (χ0v) is 27.9. The molecule has 0 saturated carbocycles. The highest BCUT2D eigenvalue weighted by Crippen LogP contribution is 2.22. The van der Waals surface area contributed by atoms with E-state index in [0.717, 1.165) is 11.1 Å². The van der Waals surface area contributed by atoms with E-state index in [9.17, 15) is 29.1 Å². The number of aliphatic hydroxyl groups excluding tert-OH is 1. The SMILES string of the molecule is C[C@@H](O)[C@H](NC(=O)OC(C)(C)C)C(=O)N[C@H](Cc1cn(C=O)c2ccccc12)C(=O)N[C@@H](Cc1ccccc1)C(=O)OCc1ccccc1. The standard InChI is InChI=1S/C37H42N4O8/c1-24(43)32(40-36(47)49-37(2,3)4)34(45)38-29(20-27-21-41(23-42)31-18-12-11-17-28(27)31)33(44)39-30(19-25-13-7-5-8-14-25)35(46)48-22-26-15-9-6-10-16-26/h5-18,21,23-24,29-30,32,43H,19-20,22H2,1-4H3,(H,38,45)(H,39,44)(H,40,47)/t24-,29-,30+,32+/m1/s1. The summed E-state index contributed by atoms with van der Waals surface area (Å²) in [5, 5.41) is 18.9. The van der Waals surface area contributed by atoms with E-state index in [0.29, 0.717) is 22.9 Å². The zero-order valence-electron chi connectivity index (χ0n) is 27.9. The van der Waals surface area contributed by atoms with Crippen molar-refractivity contribution in [3.8, 4) is 0 Å². The first-order valence-corrected chi connectivity index (χ1v) is 15.9. The minimum atomic E-state index is -1.49. The molecule has 3 amide bonds. The van der Waals surface area contributed by atoms with Crippen molar-refractivity contribution < 1.29 is 38.6 Å². The van der Waals surface area contributed by atoms with Crippen LogP contribution in [0.15, 0.2) is 91.1 Å². The highest BCUT2D eigenvalue weighted by atomic mass is 16.6. The molecule has 0 fully saturated rings. The molecule has 258 valence electrons. The number of para-hydroxylation sites is 1. The first-order chi connectivity index (χ1) is 23.3. The van der Waals surface area contributed by atoms with E-state index in [-0.39, 0.29) is 19.4 Å². The molecule has 0 spiro atoms. The number of amides is 3. The number of fused-ring (bicyclic) bond motifs is 1. The summed E-state index contributed by atoms with van der Waals surface area (Å²) >= 11 is 0. The van der Waals surface area contributed by atoms with Crippen molar-refractivity contribution in [1.29, 1.82) is 0 Å². The van der Waals surface area contributed by atoms with Crippen LogP contribution in [-0.4, -0.2) is 69.8 Å². The van der Waals surface area contributed by atoms with Crippen molar-refractivity contribution in [3.63, 3.8) is 0 Å². The van der Waals surface area contributed by atoms with Gasteiger partial charge in [-0.05, 0) is 50.5 Å². The third-order valence-corrected chi connectivity index (χ3v) is 7.54. The molecule has 4 N–H and O–H groups in total. The van der Waals surface area contributed by atoms with Crippen molar-refractivity contribution in [1.82, 2.24) is 20.5 Å². The van der Waals surface area contributed by atoms with E-state index < -0.39 is 53.7 Å². The van der Waals surface area contributed by atoms with Gasteiger partial charge in [0, 0.05) is 24.4 Å². The number of esters is 1. The second-order valence-electron chi connectivity index (χ2n) is 12.7. The molecule has 0 aliphatic carbocycles. The second-order valence-corrected chi connectivity index (χ2v) is 12.7. The van der Waals surface area contributed by atoms with E-state index in [1.54, 1.807) is 51.2 Å². The van der Waals surface area contributed by atoms with Crippen LogP contribution in [0.4, 0.5) is 4.79 Å². The molecule has 1 heterocycles. The van der Waals surface area contributed by atoms with Crippen molar-refractivity contribution in [3.05, 3.63) is 108 Å². The molecule has 0 aliphatic rings. The van der Waals surface area contributed by atoms with Crippen molar-refractivity contribution in [2.45, 2.75) is 77.0 Å². The number of hydrogen-bond acceptors (Lipinski definition) is 8. The van der Waals surface area contributed by atoms with Crippen molar-refractivity contribution in [2.75, 3.05) is 0 Å². The summed E-state index contributed by atoms with van der Waals surface area (Å²) in [6.45, 7) is 6.25. The molecule has 12 nitrogen and oxygen atoms in total. The Bertz CT molecular complexity index is 1750. The lowest BCUT2D eigenvalue weighted by Crippen LogP contribution is -2.59. The van der Waals surface area contributed by atoms with Crippen LogP contribution in [0.1, 0.15) is 44.4 Å². The molecule has 0 aliphatic heterocycles. The van der Waals surface area contributed by atoms with E-state index in [1.165, 1.54) is 11.5 Å². The summed E-state index contributed by atoms with van der Waals surface area (Å²) in [7, 11) is 0. The normalized spacial score (nSPS) is 13.7. The molecule has 4 rings (SSSR count). The van der Waals surface area contributed by atoms with Gasteiger partial charge in [0.25, 0.3) is 0 Å². The first-order valence-electron chi connectivity index (χ1n) is 15.9. The van der Waals surface area contributed by atoms with Gasteiger partial charge in [0.2, 0.25) is 18.2 Å². The molecular formula is C37H42N4O8. The fraction of sp³-hybridized carbons (Fsp3) is 0.324. The summed E-state index contributed by atoms with van der Waals surface area (Å²) in [4.78, 5) is 65.5. The summed E-state index contributed by atoms with van der Waals surface area (Å²) < 4.78 is 12.2. The lowest BCUT2D eigenvalue weighted by Gasteiger charge is -2.27. The van der Waals surface area contributed by atoms with Crippen LogP contribution < -0.4 is 16.0 Å². The number of benzene rings is 3. The Morgan fingerprint density at radius 1 is 0.796 bits per heavy atom. The predicted octanol–water partition coefficient (Wildman–Crippen LogP) is 3.45. The van der Waals surface area contributed by atoms with Crippen LogP contribution >= 0.6 is 0 Å². The highest BCUT2D eigenvalue weighted by molar-refractivity contribution is 5.95. The molecule has 12 heteroatoms. The molecule has 0 unspecified atom stereocenters. The number of nitrogens with zero attached hydrogens (tertiary/aromatic N) is 1. The Kier molecular flexibility index (Phi) is 12.3. The van der Waals surface area contributed by atoms with Gasteiger partial charge in [-0.15, -0.1) is 0 Å². The highest BCUT2D eigenvalue weighted by Gasteiger charge is 2.34. The topological polar surface area (TPSA) is 165 Å². The maximum atomic E-state index is 14.1. The fourth-order valence-electron chi connectivity index (χ4n) is 5.20. The smallest absolute Gasteiger partial charge is 0.408 e. The maximum absolute atomic E-state index is 14.1. The lowest BCUT2D eigenvalue weighted by molar-refractivity contribution is -0.149. The van der Waals surface area contributed by atoms with Crippen LogP contribution in [0.2, 0.25) is 0 Å². The number of aromatic nitrogens is 1. The summed E-state index contributed by atoms with van der Waals surface area (Å²) in [6, 6.07) is 21.3. The molecule has 3 aromatic carbocycles. The summed E-state index contributed by atoms with van der Waals surface area (Å²) in [6.07, 6.45) is -0.117. The number of aliphatic hydroxyl groups is 1. The monoisotopic (exact) mass is 670 g/mol. The lowest BCUT2D eigenvalue weighted by atomic mass is 10.0. The Morgan fingerprint density at radius 2 is 1.39 bits per heavy atom. The van der Waals surface area contributed by atoms with Crippen molar-refractivity contribution >= 4 is 41.2 Å². The van der Waals surface area contributed by atoms with Crippen LogP contribution in [0.3, 0.4) is 0 Å². The van der Waals surface area contributed by atoms with Gasteiger partial charge in [-0.1, -0.05) is 78.9 Å². The minimum absolute atomic E-state index is 0.0153. The van der Waals surface area contributed by atoms with Gasteiger partial charge >= 0.3 is 12.1 Å². The summed E-state index contributed by atoms with van der Waals surface area (Å²) in [5.74, 6) is -2.28. The molecule has 4 aromatic rings. The average Bonchev–Trinajstić information content (AvgIpc) is 3.42. The van der Waals surface area contributed by atoms with Gasteiger partial charge in [0.05, 0.1) is 11.6 Å². The molecule has 0 bridgehead atoms. The van der Waals surface area contributed by atoms with Gasteiger partial charge in [-0.2, -0.15) is 0 Å². The number of carbonyl (C=O) groups excluding carboxylic acids is 5. The minimum Gasteiger partial charge on any atom is -0.459 e. The molecular weight excluding hydrogens is 628 g/mol. The third kappa shape index (κ3) is 10.5. The first kappa shape index (κ1) is 36.3. The van der Waals surface area contributed by atoms with Gasteiger partial charge < -0.3 is 30.5 Å². The number of carbonyl (C=O) groups is 5. The number of nitrogens with one attached hydrogen (secondary N) is 3. The van der Waals surface area contributed by atoms with Gasteiger partial charge in [0.15, 0.2) is 0 Å². The molecule has 0 saturated heterocycles. The Balaban J connectivity index is 1.63. The Labute approximate surface area is 284 Å². The summed E-state index contributed by atoms with van der Waals surface area (Å²) in [5.41, 5.74) is 1.80. The number of rotatable bonds is 14. The number of ether oxygens (including phenoxy) is 2. The fourth-order valence-corrected chi connectivity index (χ4v) is 5.20. The van der Waals surface area contributed by atoms with Gasteiger partial charge in [-0.25, -0.2) is 9.59 Å². The van der Waals surface area contributed by atoms with E-state index in [4.69, 9.17) is 9.47 Å². The van der Waals surface area contributed by atoms with E-state index in [1.807, 2.05) is 60.7 Å². The Hall–Kier alpha value is -5.49. The van der Waals surface area contributed by atoms with E-state index in [2.05, 4.69) is 16.0 Å². The van der Waals surface area contributed by atoms with Crippen LogP contribution in [0, 0.1) is 0 Å². The quantitative estimate of drug-likeness (QED) is 0.117. The van der Waals surface area contributed by atoms with Gasteiger partial charge in [-0.3, -0.25) is 19.0 Å². The second kappa shape index (κ2) is 16.6. The number of hydrogen-bond donors (Lipinski definition) is 4.